The van der Waals surface area contributed by atoms with E-state index in [2.05, 4.69) is 15.7 Å². The van der Waals surface area contributed by atoms with Crippen LogP contribution in [-0.2, 0) is 0 Å². The fourth-order valence-electron chi connectivity index (χ4n) is 2.32. The Bertz CT molecular complexity index is 480. The van der Waals surface area contributed by atoms with E-state index in [1.165, 1.54) is 17.5 Å². The molecule has 2 N–H and O–H groups in total. The minimum Gasteiger partial charge on any atom is -0.382 e. The monoisotopic (exact) mass is 284 g/mol. The number of halogens is 1. The quantitative estimate of drug-likeness (QED) is 0.869. The van der Waals surface area contributed by atoms with Crippen LogP contribution < -0.4 is 16.2 Å². The van der Waals surface area contributed by atoms with Crippen LogP contribution in [-0.4, -0.2) is 28.9 Å². The van der Waals surface area contributed by atoms with Crippen LogP contribution in [0, 0.1) is 0 Å². The molecule has 1 fully saturated rings. The number of rotatable bonds is 5. The molecule has 1 aromatic rings. The highest BCUT2D eigenvalue weighted by molar-refractivity contribution is 6.32. The van der Waals surface area contributed by atoms with Crippen LogP contribution in [0.2, 0.25) is 5.02 Å². The van der Waals surface area contributed by atoms with E-state index in [9.17, 15) is 4.79 Å². The molecule has 106 valence electrons. The summed E-state index contributed by atoms with van der Waals surface area (Å²) < 4.78 is 1.39. The standard InChI is InChI=1S/C13H21ClN4O/c1-9(2)18-13(19)12(14)11(8-17-18)16-7-5-10-4-3-6-15-10/h8-10,15-16H,3-7H2,1-2H3/t10-/m0/s1. The van der Waals surface area contributed by atoms with Crippen molar-refractivity contribution in [1.82, 2.24) is 15.1 Å². The molecule has 0 aromatic carbocycles. The van der Waals surface area contributed by atoms with E-state index < -0.39 is 0 Å². The highest BCUT2D eigenvalue weighted by Gasteiger charge is 2.14. The van der Waals surface area contributed by atoms with Crippen LogP contribution in [0.5, 0.6) is 0 Å². The molecule has 1 aromatic heterocycles. The Morgan fingerprint density at radius 1 is 1.63 bits per heavy atom. The van der Waals surface area contributed by atoms with Gasteiger partial charge in [-0.05, 0) is 39.7 Å². The van der Waals surface area contributed by atoms with E-state index in [4.69, 9.17) is 11.6 Å². The number of anilines is 1. The first-order chi connectivity index (χ1) is 9.09. The van der Waals surface area contributed by atoms with Gasteiger partial charge in [-0.3, -0.25) is 4.79 Å². The molecule has 0 saturated carbocycles. The van der Waals surface area contributed by atoms with Gasteiger partial charge in [-0.15, -0.1) is 0 Å². The van der Waals surface area contributed by atoms with Crippen LogP contribution in [0.4, 0.5) is 5.69 Å². The van der Waals surface area contributed by atoms with Crippen molar-refractivity contribution in [3.63, 3.8) is 0 Å². The molecule has 0 unspecified atom stereocenters. The number of nitrogens with zero attached hydrogens (tertiary/aromatic N) is 2. The summed E-state index contributed by atoms with van der Waals surface area (Å²) in [4.78, 5) is 12.0. The zero-order valence-electron chi connectivity index (χ0n) is 11.4. The van der Waals surface area contributed by atoms with Crippen molar-refractivity contribution in [2.24, 2.45) is 0 Å². The van der Waals surface area contributed by atoms with Crippen LogP contribution in [0.15, 0.2) is 11.0 Å². The van der Waals surface area contributed by atoms with Gasteiger partial charge in [0.15, 0.2) is 0 Å². The number of hydrogen-bond donors (Lipinski definition) is 2. The van der Waals surface area contributed by atoms with Gasteiger partial charge in [0.25, 0.3) is 5.56 Å². The molecule has 1 aliphatic rings. The van der Waals surface area contributed by atoms with Crippen LogP contribution in [0.25, 0.3) is 0 Å². The molecule has 0 aliphatic carbocycles. The van der Waals surface area contributed by atoms with Gasteiger partial charge < -0.3 is 10.6 Å². The average molecular weight is 285 g/mol. The lowest BCUT2D eigenvalue weighted by Crippen LogP contribution is -2.27. The molecule has 5 nitrogen and oxygen atoms in total. The maximum Gasteiger partial charge on any atom is 0.287 e. The highest BCUT2D eigenvalue weighted by atomic mass is 35.5. The lowest BCUT2D eigenvalue weighted by atomic mass is 10.1. The van der Waals surface area contributed by atoms with Gasteiger partial charge in [-0.25, -0.2) is 4.68 Å². The zero-order chi connectivity index (χ0) is 13.8. The predicted octanol–water partition coefficient (Wildman–Crippen LogP) is 2.03. The van der Waals surface area contributed by atoms with Gasteiger partial charge in [0.05, 0.1) is 17.9 Å². The molecule has 19 heavy (non-hydrogen) atoms. The molecule has 2 heterocycles. The third-order valence-electron chi connectivity index (χ3n) is 3.40. The first kappa shape index (κ1) is 14.3. The van der Waals surface area contributed by atoms with Gasteiger partial charge in [0.2, 0.25) is 0 Å². The van der Waals surface area contributed by atoms with Gasteiger partial charge >= 0.3 is 0 Å². The maximum absolute atomic E-state index is 12.0. The van der Waals surface area contributed by atoms with E-state index in [-0.39, 0.29) is 16.6 Å². The van der Waals surface area contributed by atoms with E-state index in [0.29, 0.717) is 11.7 Å². The molecular formula is C13H21ClN4O. The predicted molar refractivity (Wildman–Crippen MR) is 78.0 cm³/mol. The zero-order valence-corrected chi connectivity index (χ0v) is 12.2. The second kappa shape index (κ2) is 6.39. The normalized spacial score (nSPS) is 19.1. The Morgan fingerprint density at radius 2 is 2.42 bits per heavy atom. The van der Waals surface area contributed by atoms with Crippen molar-refractivity contribution < 1.29 is 0 Å². The summed E-state index contributed by atoms with van der Waals surface area (Å²) in [6.45, 7) is 5.72. The van der Waals surface area contributed by atoms with Gasteiger partial charge in [0, 0.05) is 12.6 Å². The molecule has 0 bridgehead atoms. The van der Waals surface area contributed by atoms with Crippen molar-refractivity contribution in [1.29, 1.82) is 0 Å². The van der Waals surface area contributed by atoms with Gasteiger partial charge in [0.1, 0.15) is 5.02 Å². The van der Waals surface area contributed by atoms with E-state index in [0.717, 1.165) is 19.5 Å². The summed E-state index contributed by atoms with van der Waals surface area (Å²) in [6.07, 6.45) is 5.13. The van der Waals surface area contributed by atoms with E-state index in [1.54, 1.807) is 6.20 Å². The summed E-state index contributed by atoms with van der Waals surface area (Å²) in [5.41, 5.74) is 0.391. The largest absolute Gasteiger partial charge is 0.382 e. The SMILES string of the molecule is CC(C)n1ncc(NCC[C@@H]2CCCN2)c(Cl)c1=O. The molecule has 0 amide bonds. The Kier molecular flexibility index (Phi) is 4.82. The van der Waals surface area contributed by atoms with Crippen LogP contribution in [0.1, 0.15) is 39.2 Å². The highest BCUT2D eigenvalue weighted by Crippen LogP contribution is 2.17. The molecular weight excluding hydrogens is 264 g/mol. The first-order valence-electron chi connectivity index (χ1n) is 6.84. The topological polar surface area (TPSA) is 59.0 Å². The summed E-state index contributed by atoms with van der Waals surface area (Å²) >= 11 is 6.09. The Hall–Kier alpha value is -1.07. The fraction of sp³-hybridized carbons (Fsp3) is 0.692. The van der Waals surface area contributed by atoms with Gasteiger partial charge in [-0.1, -0.05) is 11.6 Å². The van der Waals surface area contributed by atoms with Crippen molar-refractivity contribution in [3.05, 3.63) is 21.6 Å². The van der Waals surface area contributed by atoms with E-state index in [1.807, 2.05) is 13.8 Å². The second-order valence-electron chi connectivity index (χ2n) is 5.22. The maximum atomic E-state index is 12.0. The molecule has 1 aliphatic heterocycles. The Balaban J connectivity index is 1.97. The molecule has 0 radical (unpaired) electrons. The first-order valence-corrected chi connectivity index (χ1v) is 7.22. The summed E-state index contributed by atoms with van der Waals surface area (Å²) in [5, 5.41) is 11.0. The molecule has 2 rings (SSSR count). The fourth-order valence-corrected chi connectivity index (χ4v) is 2.52. The lowest BCUT2D eigenvalue weighted by molar-refractivity contribution is 0.503. The van der Waals surface area contributed by atoms with Crippen LogP contribution >= 0.6 is 11.6 Å². The summed E-state index contributed by atoms with van der Waals surface area (Å²) in [7, 11) is 0. The third kappa shape index (κ3) is 3.48. The number of aromatic nitrogens is 2. The molecule has 0 spiro atoms. The average Bonchev–Trinajstić information content (AvgIpc) is 2.87. The number of nitrogens with one attached hydrogen (secondary N) is 2. The van der Waals surface area contributed by atoms with Crippen molar-refractivity contribution in [2.45, 2.75) is 45.2 Å². The molecule has 1 saturated heterocycles. The van der Waals surface area contributed by atoms with Crippen molar-refractivity contribution in [2.75, 3.05) is 18.4 Å². The Morgan fingerprint density at radius 3 is 3.05 bits per heavy atom. The summed E-state index contributed by atoms with van der Waals surface area (Å²) in [6, 6.07) is 0.594. The van der Waals surface area contributed by atoms with Crippen molar-refractivity contribution in [3.8, 4) is 0 Å². The van der Waals surface area contributed by atoms with E-state index >= 15 is 0 Å². The van der Waals surface area contributed by atoms with Gasteiger partial charge in [-0.2, -0.15) is 5.10 Å². The molecule has 1 atom stereocenters. The minimum absolute atomic E-state index is 0.0155. The second-order valence-corrected chi connectivity index (χ2v) is 5.60. The summed E-state index contributed by atoms with van der Waals surface area (Å²) in [5.74, 6) is 0. The Labute approximate surface area is 118 Å². The third-order valence-corrected chi connectivity index (χ3v) is 3.77. The minimum atomic E-state index is -0.236. The smallest absolute Gasteiger partial charge is 0.287 e. The lowest BCUT2D eigenvalue weighted by Gasteiger charge is -2.14. The number of hydrogen-bond acceptors (Lipinski definition) is 4. The molecule has 6 heteroatoms. The van der Waals surface area contributed by atoms with Crippen molar-refractivity contribution >= 4 is 17.3 Å². The van der Waals surface area contributed by atoms with Crippen LogP contribution in [0.3, 0.4) is 0 Å².